The molecule has 2 heterocycles. The number of aromatic nitrogens is 1. The van der Waals surface area contributed by atoms with Crippen molar-refractivity contribution >= 4 is 22.9 Å². The minimum atomic E-state index is 0.0490. The molecule has 1 fully saturated rings. The molecule has 0 aliphatic carbocycles. The van der Waals surface area contributed by atoms with Gasteiger partial charge in [0.1, 0.15) is 5.69 Å². The van der Waals surface area contributed by atoms with Crippen LogP contribution in [0.15, 0.2) is 35.2 Å². The minimum absolute atomic E-state index is 0.0490. The van der Waals surface area contributed by atoms with Crippen LogP contribution in [0, 0.1) is 0 Å². The second-order valence-corrected chi connectivity index (χ2v) is 7.10. The molecule has 0 bridgehead atoms. The maximum atomic E-state index is 12.4. The number of anilines is 1. The van der Waals surface area contributed by atoms with E-state index in [1.807, 2.05) is 10.3 Å². The lowest BCUT2D eigenvalue weighted by atomic mass is 10.0. The number of piperidine rings is 1. The summed E-state index contributed by atoms with van der Waals surface area (Å²) in [5.41, 5.74) is 4.75. The van der Waals surface area contributed by atoms with Crippen LogP contribution in [-0.2, 0) is 0 Å². The zero-order valence-corrected chi connectivity index (χ0v) is 14.5. The van der Waals surface area contributed by atoms with Crippen molar-refractivity contribution in [2.24, 2.45) is 0 Å². The van der Waals surface area contributed by atoms with E-state index < -0.39 is 0 Å². The van der Waals surface area contributed by atoms with Gasteiger partial charge in [-0.15, -0.1) is 11.3 Å². The van der Waals surface area contributed by atoms with E-state index in [-0.39, 0.29) is 5.91 Å². The Balaban J connectivity index is 1.61. The molecule has 122 valence electrons. The number of amides is 1. The molecule has 1 aliphatic rings. The summed E-state index contributed by atoms with van der Waals surface area (Å²) in [6.45, 7) is 5.96. The fourth-order valence-corrected chi connectivity index (χ4v) is 3.49. The molecule has 0 unspecified atom stereocenters. The summed E-state index contributed by atoms with van der Waals surface area (Å²) in [4.78, 5) is 18.5. The fourth-order valence-electron chi connectivity index (χ4n) is 2.96. The maximum Gasteiger partial charge on any atom is 0.273 e. The number of nitrogens with zero attached hydrogens (tertiary/aromatic N) is 2. The number of carbonyl (C=O) groups is 1. The molecule has 1 aromatic carbocycles. The largest absolute Gasteiger partial charge is 0.381 e. The van der Waals surface area contributed by atoms with E-state index >= 15 is 0 Å². The van der Waals surface area contributed by atoms with Gasteiger partial charge in [-0.05, 0) is 36.5 Å². The van der Waals surface area contributed by atoms with Gasteiger partial charge in [-0.25, -0.2) is 4.98 Å². The Morgan fingerprint density at radius 2 is 2.13 bits per heavy atom. The Bertz CT molecular complexity index is 637. The molecule has 3 rings (SSSR count). The summed E-state index contributed by atoms with van der Waals surface area (Å²) in [6.07, 6.45) is 2.12. The summed E-state index contributed by atoms with van der Waals surface area (Å²) in [7, 11) is 0. The number of benzene rings is 1. The van der Waals surface area contributed by atoms with Crippen molar-refractivity contribution in [2.75, 3.05) is 18.4 Å². The van der Waals surface area contributed by atoms with Crippen molar-refractivity contribution in [2.45, 2.75) is 38.6 Å². The summed E-state index contributed by atoms with van der Waals surface area (Å²) in [5, 5.41) is 5.39. The van der Waals surface area contributed by atoms with Crippen LogP contribution in [0.4, 0.5) is 5.69 Å². The van der Waals surface area contributed by atoms with E-state index in [1.165, 1.54) is 16.9 Å². The monoisotopic (exact) mass is 329 g/mol. The van der Waals surface area contributed by atoms with Gasteiger partial charge >= 0.3 is 0 Å². The molecule has 4 nitrogen and oxygen atoms in total. The van der Waals surface area contributed by atoms with Gasteiger partial charge in [-0.1, -0.05) is 26.0 Å². The minimum Gasteiger partial charge on any atom is -0.381 e. The third-order valence-corrected chi connectivity index (χ3v) is 4.89. The molecule has 23 heavy (non-hydrogen) atoms. The normalized spacial score (nSPS) is 18.2. The average Bonchev–Trinajstić information content (AvgIpc) is 3.09. The fraction of sp³-hybridized carbons (Fsp3) is 0.444. The zero-order valence-electron chi connectivity index (χ0n) is 13.7. The summed E-state index contributed by atoms with van der Waals surface area (Å²) >= 11 is 1.46. The van der Waals surface area contributed by atoms with Crippen molar-refractivity contribution < 1.29 is 4.79 Å². The number of likely N-dealkylation sites (tertiary alicyclic amines) is 1. The highest BCUT2D eigenvalue weighted by molar-refractivity contribution is 7.07. The Labute approximate surface area is 141 Å². The number of carbonyl (C=O) groups excluding carboxylic acids is 1. The van der Waals surface area contributed by atoms with Crippen molar-refractivity contribution in [3.63, 3.8) is 0 Å². The lowest BCUT2D eigenvalue weighted by Crippen LogP contribution is -2.45. The Hall–Kier alpha value is -1.88. The third-order valence-electron chi connectivity index (χ3n) is 4.31. The van der Waals surface area contributed by atoms with E-state index in [1.54, 1.807) is 5.51 Å². The lowest BCUT2D eigenvalue weighted by molar-refractivity contribution is 0.0709. The molecule has 1 aliphatic heterocycles. The smallest absolute Gasteiger partial charge is 0.273 e. The molecular weight excluding hydrogens is 306 g/mol. The topological polar surface area (TPSA) is 45.2 Å². The van der Waals surface area contributed by atoms with E-state index in [9.17, 15) is 4.79 Å². The predicted molar refractivity (Wildman–Crippen MR) is 95.2 cm³/mol. The molecule has 0 spiro atoms. The van der Waals surface area contributed by atoms with Gasteiger partial charge in [0.15, 0.2) is 0 Å². The third kappa shape index (κ3) is 3.91. The second-order valence-electron chi connectivity index (χ2n) is 6.39. The van der Waals surface area contributed by atoms with Gasteiger partial charge in [0, 0.05) is 30.2 Å². The number of hydrogen-bond donors (Lipinski definition) is 1. The number of rotatable bonds is 4. The molecule has 5 heteroatoms. The Morgan fingerprint density at radius 1 is 1.35 bits per heavy atom. The van der Waals surface area contributed by atoms with Crippen molar-refractivity contribution in [1.82, 2.24) is 9.88 Å². The van der Waals surface area contributed by atoms with E-state index in [0.29, 0.717) is 17.7 Å². The molecule has 1 saturated heterocycles. The highest BCUT2D eigenvalue weighted by Gasteiger charge is 2.25. The molecule has 1 N–H and O–H groups in total. The van der Waals surface area contributed by atoms with Crippen LogP contribution in [-0.4, -0.2) is 34.9 Å². The first-order valence-corrected chi connectivity index (χ1v) is 9.11. The van der Waals surface area contributed by atoms with Crippen LogP contribution in [0.3, 0.4) is 0 Å². The van der Waals surface area contributed by atoms with E-state index in [4.69, 9.17) is 0 Å². The van der Waals surface area contributed by atoms with Gasteiger partial charge in [0.2, 0.25) is 0 Å². The Kier molecular flexibility index (Phi) is 4.96. The van der Waals surface area contributed by atoms with Crippen LogP contribution >= 0.6 is 11.3 Å². The highest BCUT2D eigenvalue weighted by atomic mass is 32.1. The second kappa shape index (κ2) is 7.13. The summed E-state index contributed by atoms with van der Waals surface area (Å²) in [6, 6.07) is 8.92. The van der Waals surface area contributed by atoms with Gasteiger partial charge in [0.05, 0.1) is 5.51 Å². The van der Waals surface area contributed by atoms with Crippen LogP contribution in [0.2, 0.25) is 0 Å². The number of nitrogens with one attached hydrogen (secondary N) is 1. The quantitative estimate of drug-likeness (QED) is 0.923. The van der Waals surface area contributed by atoms with Crippen molar-refractivity contribution in [3.05, 3.63) is 46.4 Å². The standard InChI is InChI=1S/C18H23N3OS/c1-13(2)14-5-7-15(8-6-14)20-16-4-3-9-21(10-16)18(22)17-11-23-12-19-17/h5-8,11-13,16,20H,3-4,9-10H2,1-2H3/t16-/m1/s1. The molecule has 1 amide bonds. The first-order chi connectivity index (χ1) is 11.1. The van der Waals surface area contributed by atoms with Gasteiger partial charge in [-0.3, -0.25) is 4.79 Å². The van der Waals surface area contributed by atoms with Crippen molar-refractivity contribution in [3.8, 4) is 0 Å². The van der Waals surface area contributed by atoms with E-state index in [2.05, 4.69) is 48.4 Å². The lowest BCUT2D eigenvalue weighted by Gasteiger charge is -2.33. The van der Waals surface area contributed by atoms with Crippen LogP contribution in [0.1, 0.15) is 48.7 Å². The maximum absolute atomic E-state index is 12.4. The molecule has 0 radical (unpaired) electrons. The summed E-state index contributed by atoms with van der Waals surface area (Å²) < 4.78 is 0. The number of thiazole rings is 1. The molecule has 1 aromatic heterocycles. The Morgan fingerprint density at radius 3 is 2.78 bits per heavy atom. The highest BCUT2D eigenvalue weighted by Crippen LogP contribution is 2.21. The van der Waals surface area contributed by atoms with Crippen molar-refractivity contribution in [1.29, 1.82) is 0 Å². The molecule has 2 aromatic rings. The first kappa shape index (κ1) is 16.0. The summed E-state index contributed by atoms with van der Waals surface area (Å²) in [5.74, 6) is 0.595. The van der Waals surface area contributed by atoms with Crippen LogP contribution in [0.25, 0.3) is 0 Å². The first-order valence-electron chi connectivity index (χ1n) is 8.17. The van der Waals surface area contributed by atoms with Crippen LogP contribution in [0.5, 0.6) is 0 Å². The van der Waals surface area contributed by atoms with Gasteiger partial charge in [-0.2, -0.15) is 0 Å². The van der Waals surface area contributed by atoms with Crippen LogP contribution < -0.4 is 5.32 Å². The van der Waals surface area contributed by atoms with E-state index in [0.717, 1.165) is 31.6 Å². The molecular formula is C18H23N3OS. The number of hydrogen-bond acceptors (Lipinski definition) is 4. The zero-order chi connectivity index (χ0) is 16.2. The van der Waals surface area contributed by atoms with Gasteiger partial charge in [0.25, 0.3) is 5.91 Å². The molecule has 1 atom stereocenters. The average molecular weight is 329 g/mol. The van der Waals surface area contributed by atoms with Gasteiger partial charge < -0.3 is 10.2 Å². The SMILES string of the molecule is CC(C)c1ccc(N[C@@H]2CCCN(C(=O)c3cscn3)C2)cc1. The predicted octanol–water partition coefficient (Wildman–Crippen LogP) is 3.98. The molecule has 0 saturated carbocycles.